The Balaban J connectivity index is 2.26. The van der Waals surface area contributed by atoms with Crippen LogP contribution in [0.25, 0.3) is 0 Å². The van der Waals surface area contributed by atoms with Crippen molar-refractivity contribution in [2.24, 2.45) is 0 Å². The maximum atomic E-state index is 12.7. The van der Waals surface area contributed by atoms with Crippen molar-refractivity contribution in [2.75, 3.05) is 33.7 Å². The van der Waals surface area contributed by atoms with Gasteiger partial charge in [-0.2, -0.15) is 0 Å². The highest BCUT2D eigenvalue weighted by Crippen LogP contribution is 2.15. The second-order valence-corrected chi connectivity index (χ2v) is 5.75. The summed E-state index contributed by atoms with van der Waals surface area (Å²) in [5.74, 6) is -0.112. The maximum Gasteiger partial charge on any atom is 0.254 e. The zero-order valence-corrected chi connectivity index (χ0v) is 13.1. The van der Waals surface area contributed by atoms with Gasteiger partial charge in [0, 0.05) is 39.3 Å². The molecule has 0 aliphatic carbocycles. The lowest BCUT2D eigenvalue weighted by molar-refractivity contribution is -0.134. The number of piperazine rings is 1. The van der Waals surface area contributed by atoms with E-state index in [9.17, 15) is 9.59 Å². The maximum absolute atomic E-state index is 12.7. The Kier molecular flexibility index (Phi) is 4.63. The fourth-order valence-electron chi connectivity index (χ4n) is 2.51. The van der Waals surface area contributed by atoms with Crippen molar-refractivity contribution < 1.29 is 9.59 Å². The van der Waals surface area contributed by atoms with Crippen LogP contribution in [0.2, 0.25) is 0 Å². The molecule has 1 aliphatic heterocycles. The number of amides is 2. The fourth-order valence-corrected chi connectivity index (χ4v) is 2.51. The fraction of sp³-hybridized carbons (Fsp3) is 0.500. The standard InChI is InChI=1S/C16H23N3O2/c1-11-5-6-13(9-12(11)2)15(20)19-8-7-17-10-14(19)16(21)18(3)4/h5-6,9,14,17H,7-8,10H2,1-4H3. The zero-order chi connectivity index (χ0) is 15.6. The van der Waals surface area contributed by atoms with E-state index in [1.807, 2.05) is 32.0 Å². The first-order valence-electron chi connectivity index (χ1n) is 7.22. The quantitative estimate of drug-likeness (QED) is 0.876. The predicted octanol–water partition coefficient (Wildman–Crippen LogP) is 0.806. The lowest BCUT2D eigenvalue weighted by Gasteiger charge is -2.36. The number of benzene rings is 1. The predicted molar refractivity (Wildman–Crippen MR) is 82.3 cm³/mol. The lowest BCUT2D eigenvalue weighted by Crippen LogP contribution is -2.59. The smallest absolute Gasteiger partial charge is 0.254 e. The van der Waals surface area contributed by atoms with Gasteiger partial charge >= 0.3 is 0 Å². The second-order valence-electron chi connectivity index (χ2n) is 5.75. The molecule has 21 heavy (non-hydrogen) atoms. The Bertz CT molecular complexity index is 554. The van der Waals surface area contributed by atoms with Crippen molar-refractivity contribution in [3.05, 3.63) is 34.9 Å². The minimum Gasteiger partial charge on any atom is -0.347 e. The van der Waals surface area contributed by atoms with Gasteiger partial charge in [0.1, 0.15) is 6.04 Å². The van der Waals surface area contributed by atoms with Crippen molar-refractivity contribution >= 4 is 11.8 Å². The average Bonchev–Trinajstić information content (AvgIpc) is 2.48. The van der Waals surface area contributed by atoms with E-state index >= 15 is 0 Å². The van der Waals surface area contributed by atoms with E-state index in [1.54, 1.807) is 23.9 Å². The van der Waals surface area contributed by atoms with Crippen molar-refractivity contribution in [2.45, 2.75) is 19.9 Å². The van der Waals surface area contributed by atoms with Gasteiger partial charge in [-0.1, -0.05) is 6.07 Å². The van der Waals surface area contributed by atoms with Gasteiger partial charge in [0.05, 0.1) is 0 Å². The number of aryl methyl sites for hydroxylation is 2. The van der Waals surface area contributed by atoms with Crippen molar-refractivity contribution in [1.29, 1.82) is 0 Å². The van der Waals surface area contributed by atoms with Crippen LogP contribution in [0, 0.1) is 13.8 Å². The second kappa shape index (κ2) is 6.26. The van der Waals surface area contributed by atoms with Gasteiger partial charge in [-0.05, 0) is 37.1 Å². The molecule has 0 spiro atoms. The van der Waals surface area contributed by atoms with E-state index in [4.69, 9.17) is 0 Å². The van der Waals surface area contributed by atoms with Crippen LogP contribution in [-0.4, -0.2) is 61.4 Å². The van der Waals surface area contributed by atoms with E-state index in [0.717, 1.165) is 11.1 Å². The molecule has 5 heteroatoms. The van der Waals surface area contributed by atoms with Gasteiger partial charge in [-0.15, -0.1) is 0 Å². The van der Waals surface area contributed by atoms with Crippen molar-refractivity contribution in [3.8, 4) is 0 Å². The number of hydrogen-bond acceptors (Lipinski definition) is 3. The zero-order valence-electron chi connectivity index (χ0n) is 13.1. The summed E-state index contributed by atoms with van der Waals surface area (Å²) >= 11 is 0. The van der Waals surface area contributed by atoms with Crippen molar-refractivity contribution in [1.82, 2.24) is 15.1 Å². The Morgan fingerprint density at radius 3 is 2.57 bits per heavy atom. The number of hydrogen-bond donors (Lipinski definition) is 1. The van der Waals surface area contributed by atoms with Crippen LogP contribution in [0.4, 0.5) is 0 Å². The Morgan fingerprint density at radius 1 is 1.24 bits per heavy atom. The summed E-state index contributed by atoms with van der Waals surface area (Å²) in [4.78, 5) is 28.2. The minimum absolute atomic E-state index is 0.0422. The molecule has 1 aromatic carbocycles. The lowest BCUT2D eigenvalue weighted by atomic mass is 10.0. The molecule has 2 amide bonds. The summed E-state index contributed by atoms with van der Waals surface area (Å²) in [5.41, 5.74) is 2.90. The molecule has 114 valence electrons. The Labute approximate surface area is 125 Å². The molecule has 1 N–H and O–H groups in total. The van der Waals surface area contributed by atoms with Gasteiger partial charge in [-0.25, -0.2) is 0 Å². The molecule has 0 radical (unpaired) electrons. The summed E-state index contributed by atoms with van der Waals surface area (Å²) in [6, 6.07) is 5.26. The first-order valence-corrected chi connectivity index (χ1v) is 7.22. The molecule has 5 nitrogen and oxygen atoms in total. The van der Waals surface area contributed by atoms with Gasteiger partial charge in [-0.3, -0.25) is 9.59 Å². The SMILES string of the molecule is Cc1ccc(C(=O)N2CCNCC2C(=O)N(C)C)cc1C. The van der Waals surface area contributed by atoms with Crippen LogP contribution in [-0.2, 0) is 4.79 Å². The summed E-state index contributed by atoms with van der Waals surface area (Å²) in [6.45, 7) is 5.79. The Morgan fingerprint density at radius 2 is 1.95 bits per heavy atom. The third kappa shape index (κ3) is 3.24. The van der Waals surface area contributed by atoms with Crippen LogP contribution < -0.4 is 5.32 Å². The summed E-state index contributed by atoms with van der Waals surface area (Å²) in [6.07, 6.45) is 0. The highest BCUT2D eigenvalue weighted by Gasteiger charge is 2.33. The molecule has 0 saturated carbocycles. The molecule has 2 rings (SSSR count). The molecule has 1 aliphatic rings. The number of likely N-dealkylation sites (N-methyl/N-ethyl adjacent to an activating group) is 1. The molecule has 0 aromatic heterocycles. The third-order valence-corrected chi connectivity index (χ3v) is 3.98. The number of carbonyl (C=O) groups excluding carboxylic acids is 2. The normalized spacial score (nSPS) is 18.5. The molecular formula is C16H23N3O2. The van der Waals surface area contributed by atoms with Crippen LogP contribution in [0.15, 0.2) is 18.2 Å². The third-order valence-electron chi connectivity index (χ3n) is 3.98. The number of nitrogens with zero attached hydrogens (tertiary/aromatic N) is 2. The number of rotatable bonds is 2. The molecule has 1 heterocycles. The monoisotopic (exact) mass is 289 g/mol. The van der Waals surface area contributed by atoms with Crippen LogP contribution >= 0.6 is 0 Å². The molecule has 1 aromatic rings. The van der Waals surface area contributed by atoms with Crippen molar-refractivity contribution in [3.63, 3.8) is 0 Å². The topological polar surface area (TPSA) is 52.7 Å². The molecule has 1 saturated heterocycles. The number of carbonyl (C=O) groups is 2. The summed E-state index contributed by atoms with van der Waals surface area (Å²) in [7, 11) is 3.44. The average molecular weight is 289 g/mol. The Hall–Kier alpha value is -1.88. The minimum atomic E-state index is -0.428. The highest BCUT2D eigenvalue weighted by atomic mass is 16.2. The van der Waals surface area contributed by atoms with Gasteiger partial charge in [0.2, 0.25) is 5.91 Å². The highest BCUT2D eigenvalue weighted by molar-refractivity contribution is 5.98. The van der Waals surface area contributed by atoms with E-state index in [-0.39, 0.29) is 11.8 Å². The summed E-state index contributed by atoms with van der Waals surface area (Å²) in [5, 5.41) is 3.19. The van der Waals surface area contributed by atoms with Crippen LogP contribution in [0.3, 0.4) is 0 Å². The largest absolute Gasteiger partial charge is 0.347 e. The first kappa shape index (κ1) is 15.5. The van der Waals surface area contributed by atoms with Gasteiger partial charge < -0.3 is 15.1 Å². The van der Waals surface area contributed by atoms with Gasteiger partial charge in [0.15, 0.2) is 0 Å². The molecule has 1 atom stereocenters. The van der Waals surface area contributed by atoms with Crippen LogP contribution in [0.5, 0.6) is 0 Å². The van der Waals surface area contributed by atoms with E-state index < -0.39 is 6.04 Å². The van der Waals surface area contributed by atoms with Crippen LogP contribution in [0.1, 0.15) is 21.5 Å². The first-order chi connectivity index (χ1) is 9.91. The molecule has 0 bridgehead atoms. The van der Waals surface area contributed by atoms with Gasteiger partial charge in [0.25, 0.3) is 5.91 Å². The molecular weight excluding hydrogens is 266 g/mol. The molecule has 1 fully saturated rings. The van der Waals surface area contributed by atoms with E-state index in [0.29, 0.717) is 25.2 Å². The molecule has 1 unspecified atom stereocenters. The summed E-state index contributed by atoms with van der Waals surface area (Å²) < 4.78 is 0. The van der Waals surface area contributed by atoms with E-state index in [2.05, 4.69) is 5.32 Å². The van der Waals surface area contributed by atoms with E-state index in [1.165, 1.54) is 0 Å². The number of nitrogens with one attached hydrogen (secondary N) is 1.